The first-order valence-corrected chi connectivity index (χ1v) is 11.4. The Morgan fingerprint density at radius 2 is 1.90 bits per heavy atom. The van der Waals surface area contributed by atoms with Gasteiger partial charge in [0.05, 0.1) is 17.4 Å². The molecule has 4 N–H and O–H groups in total. The number of aliphatic hydroxyl groups excluding tert-OH is 1. The fraction of sp³-hybridized carbons (Fsp3) is 0.773. The Morgan fingerprint density at radius 3 is 2.59 bits per heavy atom. The molecule has 1 amide bonds. The number of anilines is 1. The van der Waals surface area contributed by atoms with Gasteiger partial charge in [-0.25, -0.2) is 9.97 Å². The van der Waals surface area contributed by atoms with E-state index in [0.717, 1.165) is 50.3 Å². The van der Waals surface area contributed by atoms with Crippen LogP contribution >= 0.6 is 0 Å². The van der Waals surface area contributed by atoms with E-state index < -0.39 is 5.91 Å². The van der Waals surface area contributed by atoms with Crippen molar-refractivity contribution in [3.63, 3.8) is 0 Å². The highest BCUT2D eigenvalue weighted by Gasteiger charge is 2.28. The van der Waals surface area contributed by atoms with Crippen molar-refractivity contribution < 1.29 is 9.90 Å². The minimum Gasteiger partial charge on any atom is -0.393 e. The molecule has 0 radical (unpaired) electrons. The number of rotatable bonds is 6. The highest BCUT2D eigenvalue weighted by Crippen LogP contribution is 2.29. The molecule has 29 heavy (non-hydrogen) atoms. The number of aliphatic hydroxyl groups is 1. The standard InChI is InChI=1S/C22H35N5O2/c23-21(29)19-14-24-22(26-20(19)13-15-4-3-5-18(28)12-15)25-16-6-8-17(9-7-16)27-10-1-2-11-27/h14-18,28H,1-13H2,(H2,23,29)(H,24,25,26). The summed E-state index contributed by atoms with van der Waals surface area (Å²) in [6, 6.07) is 1.12. The van der Waals surface area contributed by atoms with E-state index in [1.54, 1.807) is 6.20 Å². The van der Waals surface area contributed by atoms with Gasteiger partial charge in [-0.15, -0.1) is 0 Å². The number of primary amides is 1. The SMILES string of the molecule is NC(=O)c1cnc(NC2CCC(N3CCCC3)CC2)nc1CC1CCCC(O)C1. The molecule has 2 aliphatic carbocycles. The van der Waals surface area contributed by atoms with E-state index in [2.05, 4.69) is 20.2 Å². The molecule has 2 atom stereocenters. The van der Waals surface area contributed by atoms with Gasteiger partial charge in [-0.3, -0.25) is 4.79 Å². The van der Waals surface area contributed by atoms with E-state index >= 15 is 0 Å². The van der Waals surface area contributed by atoms with Crippen molar-refractivity contribution in [2.24, 2.45) is 11.7 Å². The Labute approximate surface area is 173 Å². The van der Waals surface area contributed by atoms with Crippen LogP contribution in [-0.4, -0.2) is 57.2 Å². The van der Waals surface area contributed by atoms with Gasteiger partial charge in [-0.2, -0.15) is 0 Å². The third-order valence-electron chi connectivity index (χ3n) is 7.06. The van der Waals surface area contributed by atoms with Crippen molar-refractivity contribution in [3.8, 4) is 0 Å². The highest BCUT2D eigenvalue weighted by atomic mass is 16.3. The molecular formula is C22H35N5O2. The molecule has 7 nitrogen and oxygen atoms in total. The van der Waals surface area contributed by atoms with Crippen LogP contribution in [0.25, 0.3) is 0 Å². The molecular weight excluding hydrogens is 366 g/mol. The molecule has 1 aromatic rings. The summed E-state index contributed by atoms with van der Waals surface area (Å²) in [7, 11) is 0. The van der Waals surface area contributed by atoms with Gasteiger partial charge >= 0.3 is 0 Å². The zero-order valence-corrected chi connectivity index (χ0v) is 17.4. The van der Waals surface area contributed by atoms with Gasteiger partial charge in [0.25, 0.3) is 5.91 Å². The molecule has 1 aliphatic heterocycles. The van der Waals surface area contributed by atoms with Crippen LogP contribution < -0.4 is 11.1 Å². The lowest BCUT2D eigenvalue weighted by atomic mass is 9.84. The van der Waals surface area contributed by atoms with Crippen LogP contribution in [0.5, 0.6) is 0 Å². The molecule has 4 rings (SSSR count). The van der Waals surface area contributed by atoms with Crippen molar-refractivity contribution in [1.29, 1.82) is 0 Å². The maximum atomic E-state index is 11.9. The number of hydrogen-bond donors (Lipinski definition) is 3. The van der Waals surface area contributed by atoms with Crippen LogP contribution in [0.1, 0.15) is 80.3 Å². The summed E-state index contributed by atoms with van der Waals surface area (Å²) in [6.45, 7) is 2.53. The molecule has 2 saturated carbocycles. The van der Waals surface area contributed by atoms with E-state index in [9.17, 15) is 9.90 Å². The van der Waals surface area contributed by atoms with E-state index in [0.29, 0.717) is 29.9 Å². The third kappa shape index (κ3) is 5.25. The number of amides is 1. The quantitative estimate of drug-likeness (QED) is 0.676. The van der Waals surface area contributed by atoms with Crippen molar-refractivity contribution in [3.05, 3.63) is 17.5 Å². The number of nitrogens with one attached hydrogen (secondary N) is 1. The van der Waals surface area contributed by atoms with Crippen LogP contribution in [-0.2, 0) is 6.42 Å². The fourth-order valence-corrected chi connectivity index (χ4v) is 5.44. The van der Waals surface area contributed by atoms with Crippen LogP contribution in [0, 0.1) is 5.92 Å². The summed E-state index contributed by atoms with van der Waals surface area (Å²) in [5.41, 5.74) is 6.70. The first-order chi connectivity index (χ1) is 14.1. The van der Waals surface area contributed by atoms with Crippen LogP contribution in [0.3, 0.4) is 0 Å². The lowest BCUT2D eigenvalue weighted by Crippen LogP contribution is -2.39. The fourth-order valence-electron chi connectivity index (χ4n) is 5.44. The molecule has 160 valence electrons. The van der Waals surface area contributed by atoms with Gasteiger partial charge in [0.1, 0.15) is 0 Å². The van der Waals surface area contributed by atoms with Crippen molar-refractivity contribution in [2.45, 2.75) is 88.8 Å². The maximum Gasteiger partial charge on any atom is 0.252 e. The van der Waals surface area contributed by atoms with Gasteiger partial charge < -0.3 is 21.1 Å². The van der Waals surface area contributed by atoms with E-state index in [1.165, 1.54) is 38.8 Å². The Kier molecular flexibility index (Phi) is 6.65. The second kappa shape index (κ2) is 9.39. The van der Waals surface area contributed by atoms with E-state index in [-0.39, 0.29) is 6.10 Å². The average molecular weight is 402 g/mol. The van der Waals surface area contributed by atoms with Crippen LogP contribution in [0.2, 0.25) is 0 Å². The van der Waals surface area contributed by atoms with E-state index in [1.807, 2.05) is 0 Å². The maximum absolute atomic E-state index is 11.9. The predicted octanol–water partition coefficient (Wildman–Crippen LogP) is 2.49. The van der Waals surface area contributed by atoms with Gasteiger partial charge in [0.15, 0.2) is 0 Å². The zero-order valence-electron chi connectivity index (χ0n) is 17.4. The van der Waals surface area contributed by atoms with Crippen LogP contribution in [0.4, 0.5) is 5.95 Å². The monoisotopic (exact) mass is 401 g/mol. The normalized spacial score (nSPS) is 30.9. The predicted molar refractivity (Wildman–Crippen MR) is 113 cm³/mol. The average Bonchev–Trinajstić information content (AvgIpc) is 3.23. The summed E-state index contributed by atoms with van der Waals surface area (Å²) >= 11 is 0. The van der Waals surface area contributed by atoms with Gasteiger partial charge in [0, 0.05) is 18.3 Å². The lowest BCUT2D eigenvalue weighted by Gasteiger charge is -2.34. The summed E-state index contributed by atoms with van der Waals surface area (Å²) < 4.78 is 0. The second-order valence-corrected chi connectivity index (χ2v) is 9.20. The Morgan fingerprint density at radius 1 is 1.14 bits per heavy atom. The number of likely N-dealkylation sites (tertiary alicyclic amines) is 1. The second-order valence-electron chi connectivity index (χ2n) is 9.20. The van der Waals surface area contributed by atoms with E-state index in [4.69, 9.17) is 5.73 Å². The summed E-state index contributed by atoms with van der Waals surface area (Å²) in [6.07, 6.45) is 13.1. The molecule has 0 spiro atoms. The van der Waals surface area contributed by atoms with Crippen LogP contribution in [0.15, 0.2) is 6.20 Å². The number of carbonyl (C=O) groups excluding carboxylic acids is 1. The largest absolute Gasteiger partial charge is 0.393 e. The molecule has 0 bridgehead atoms. The molecule has 1 aromatic heterocycles. The van der Waals surface area contributed by atoms with Crippen molar-refractivity contribution in [2.75, 3.05) is 18.4 Å². The topological polar surface area (TPSA) is 104 Å². The molecule has 3 fully saturated rings. The van der Waals surface area contributed by atoms with Crippen molar-refractivity contribution >= 4 is 11.9 Å². The van der Waals surface area contributed by atoms with Crippen molar-refractivity contribution in [1.82, 2.24) is 14.9 Å². The Bertz CT molecular complexity index is 698. The molecule has 0 aromatic carbocycles. The van der Waals surface area contributed by atoms with Gasteiger partial charge in [-0.05, 0) is 83.2 Å². The third-order valence-corrected chi connectivity index (χ3v) is 7.06. The van der Waals surface area contributed by atoms with Gasteiger partial charge in [-0.1, -0.05) is 6.42 Å². The highest BCUT2D eigenvalue weighted by molar-refractivity contribution is 5.93. The zero-order chi connectivity index (χ0) is 20.2. The molecule has 7 heteroatoms. The molecule has 1 saturated heterocycles. The Hall–Kier alpha value is -1.73. The number of nitrogens with zero attached hydrogens (tertiary/aromatic N) is 3. The minimum atomic E-state index is -0.478. The smallest absolute Gasteiger partial charge is 0.252 e. The minimum absolute atomic E-state index is 0.240. The first-order valence-electron chi connectivity index (χ1n) is 11.4. The lowest BCUT2D eigenvalue weighted by molar-refractivity contribution is 0.0987. The number of carbonyl (C=O) groups is 1. The number of aromatic nitrogens is 2. The summed E-state index contributed by atoms with van der Waals surface area (Å²) in [5, 5.41) is 13.5. The molecule has 3 aliphatic rings. The Balaban J connectivity index is 1.38. The van der Waals surface area contributed by atoms with Gasteiger partial charge in [0.2, 0.25) is 5.95 Å². The molecule has 2 heterocycles. The molecule has 2 unspecified atom stereocenters. The first kappa shape index (κ1) is 20.5. The summed E-state index contributed by atoms with van der Waals surface area (Å²) in [4.78, 5) is 23.6. The summed E-state index contributed by atoms with van der Waals surface area (Å²) in [5.74, 6) is 0.468. The number of hydrogen-bond acceptors (Lipinski definition) is 6. The number of nitrogens with two attached hydrogens (primary N) is 1.